The number of carbonyl (C=O) groups is 1. The molecule has 1 saturated heterocycles. The second-order valence-electron chi connectivity index (χ2n) is 6.42. The zero-order chi connectivity index (χ0) is 19.3. The average Bonchev–Trinajstić information content (AvgIpc) is 3.17. The van der Waals surface area contributed by atoms with Crippen LogP contribution in [-0.2, 0) is 9.53 Å². The van der Waals surface area contributed by atoms with E-state index in [-0.39, 0.29) is 5.91 Å². The highest BCUT2D eigenvalue weighted by atomic mass is 32.2. The number of hydrogen-bond acceptors (Lipinski definition) is 6. The second kappa shape index (κ2) is 8.53. The molecular weight excluding hydrogens is 374 g/mol. The third kappa shape index (κ3) is 3.93. The molecule has 28 heavy (non-hydrogen) atoms. The number of rotatable bonds is 5. The van der Waals surface area contributed by atoms with Crippen molar-refractivity contribution in [3.8, 4) is 17.2 Å². The van der Waals surface area contributed by atoms with Gasteiger partial charge in [0.25, 0.3) is 0 Å². The first kappa shape index (κ1) is 18.6. The van der Waals surface area contributed by atoms with Gasteiger partial charge in [-0.3, -0.25) is 14.3 Å². The molecule has 0 N–H and O–H groups in total. The number of pyridine rings is 1. The smallest absolute Gasteiger partial charge is 0.233 e. The van der Waals surface area contributed by atoms with Crippen LogP contribution in [0.1, 0.15) is 5.56 Å². The molecule has 7 nitrogen and oxygen atoms in total. The number of aromatic nitrogens is 4. The number of para-hydroxylation sites is 1. The number of morpholine rings is 1. The van der Waals surface area contributed by atoms with E-state index in [9.17, 15) is 4.79 Å². The van der Waals surface area contributed by atoms with Gasteiger partial charge >= 0.3 is 0 Å². The third-order valence-corrected chi connectivity index (χ3v) is 5.49. The van der Waals surface area contributed by atoms with E-state index in [0.717, 1.165) is 16.9 Å². The van der Waals surface area contributed by atoms with Crippen molar-refractivity contribution in [2.45, 2.75) is 12.1 Å². The van der Waals surface area contributed by atoms with Crippen LogP contribution in [-0.4, -0.2) is 62.6 Å². The topological polar surface area (TPSA) is 73.1 Å². The van der Waals surface area contributed by atoms with E-state index in [0.29, 0.717) is 43.0 Å². The molecule has 0 unspecified atom stereocenters. The van der Waals surface area contributed by atoms with E-state index in [1.54, 1.807) is 6.20 Å². The van der Waals surface area contributed by atoms with Crippen LogP contribution in [0.3, 0.4) is 0 Å². The maximum atomic E-state index is 12.5. The van der Waals surface area contributed by atoms with Gasteiger partial charge in [-0.1, -0.05) is 36.0 Å². The fourth-order valence-corrected chi connectivity index (χ4v) is 3.93. The van der Waals surface area contributed by atoms with E-state index in [1.807, 2.05) is 58.9 Å². The molecule has 1 aliphatic rings. The van der Waals surface area contributed by atoms with Gasteiger partial charge in [-0.05, 0) is 30.7 Å². The van der Waals surface area contributed by atoms with Crippen LogP contribution in [0, 0.1) is 6.92 Å². The minimum atomic E-state index is 0.0898. The lowest BCUT2D eigenvalue weighted by atomic mass is 10.2. The summed E-state index contributed by atoms with van der Waals surface area (Å²) >= 11 is 1.40. The van der Waals surface area contributed by atoms with Gasteiger partial charge in [0.2, 0.25) is 5.91 Å². The zero-order valence-corrected chi connectivity index (χ0v) is 16.4. The van der Waals surface area contributed by atoms with Gasteiger partial charge in [0.1, 0.15) is 5.69 Å². The molecule has 1 fully saturated rings. The summed E-state index contributed by atoms with van der Waals surface area (Å²) in [5.41, 5.74) is 2.82. The predicted molar refractivity (Wildman–Crippen MR) is 107 cm³/mol. The van der Waals surface area contributed by atoms with E-state index >= 15 is 0 Å². The van der Waals surface area contributed by atoms with Crippen molar-refractivity contribution >= 4 is 17.7 Å². The number of ether oxygens (including phenoxy) is 1. The Morgan fingerprint density at radius 1 is 1.11 bits per heavy atom. The minimum absolute atomic E-state index is 0.0898. The molecule has 1 aliphatic heterocycles. The van der Waals surface area contributed by atoms with Gasteiger partial charge < -0.3 is 9.64 Å². The van der Waals surface area contributed by atoms with Crippen LogP contribution in [0.4, 0.5) is 0 Å². The molecule has 8 heteroatoms. The van der Waals surface area contributed by atoms with Crippen molar-refractivity contribution in [1.29, 1.82) is 0 Å². The molecule has 0 radical (unpaired) electrons. The summed E-state index contributed by atoms with van der Waals surface area (Å²) in [4.78, 5) is 18.8. The van der Waals surface area contributed by atoms with Gasteiger partial charge in [-0.25, -0.2) is 0 Å². The molecule has 0 bridgehead atoms. The van der Waals surface area contributed by atoms with Gasteiger partial charge in [0.15, 0.2) is 11.0 Å². The number of thioether (sulfide) groups is 1. The SMILES string of the molecule is Cc1ccccc1-n1c(SCC(=O)N2CCOCC2)nnc1-c1ccccn1. The summed E-state index contributed by atoms with van der Waals surface area (Å²) in [5, 5.41) is 9.42. The van der Waals surface area contributed by atoms with Gasteiger partial charge in [0.05, 0.1) is 24.7 Å². The fraction of sp³-hybridized carbons (Fsp3) is 0.300. The Labute approximate surface area is 167 Å². The first-order valence-corrected chi connectivity index (χ1v) is 10.1. The lowest BCUT2D eigenvalue weighted by Crippen LogP contribution is -2.41. The first-order chi connectivity index (χ1) is 13.7. The summed E-state index contributed by atoms with van der Waals surface area (Å²) < 4.78 is 7.30. The molecule has 3 aromatic rings. The van der Waals surface area contributed by atoms with Crippen LogP contribution in [0.2, 0.25) is 0 Å². The second-order valence-corrected chi connectivity index (χ2v) is 7.37. The number of benzene rings is 1. The van der Waals surface area contributed by atoms with Crippen molar-refractivity contribution in [3.63, 3.8) is 0 Å². The van der Waals surface area contributed by atoms with Crippen molar-refractivity contribution in [2.24, 2.45) is 0 Å². The highest BCUT2D eigenvalue weighted by molar-refractivity contribution is 7.99. The third-order valence-electron chi connectivity index (χ3n) is 4.57. The maximum Gasteiger partial charge on any atom is 0.233 e. The highest BCUT2D eigenvalue weighted by Gasteiger charge is 2.21. The molecule has 1 amide bonds. The lowest BCUT2D eigenvalue weighted by Gasteiger charge is -2.26. The Bertz CT molecular complexity index is 954. The van der Waals surface area contributed by atoms with Crippen LogP contribution in [0.5, 0.6) is 0 Å². The van der Waals surface area contributed by atoms with Crippen molar-refractivity contribution in [2.75, 3.05) is 32.1 Å². The summed E-state index contributed by atoms with van der Waals surface area (Å²) in [6.07, 6.45) is 1.74. The molecule has 0 saturated carbocycles. The summed E-state index contributed by atoms with van der Waals surface area (Å²) in [5.74, 6) is 1.06. The van der Waals surface area contributed by atoms with Gasteiger partial charge in [0, 0.05) is 19.3 Å². The average molecular weight is 395 g/mol. The molecule has 4 rings (SSSR count). The fourth-order valence-electron chi connectivity index (χ4n) is 3.09. The number of aryl methyl sites for hydroxylation is 1. The monoisotopic (exact) mass is 395 g/mol. The Morgan fingerprint density at radius 2 is 1.89 bits per heavy atom. The molecule has 0 aliphatic carbocycles. The summed E-state index contributed by atoms with van der Waals surface area (Å²) in [6.45, 7) is 4.52. The maximum absolute atomic E-state index is 12.5. The van der Waals surface area contributed by atoms with Gasteiger partial charge in [-0.2, -0.15) is 0 Å². The van der Waals surface area contributed by atoms with Crippen LogP contribution in [0.15, 0.2) is 53.8 Å². The van der Waals surface area contributed by atoms with Crippen LogP contribution >= 0.6 is 11.8 Å². The molecular formula is C20H21N5O2S. The predicted octanol–water partition coefficient (Wildman–Crippen LogP) is 2.59. The number of hydrogen-bond donors (Lipinski definition) is 0. The quantitative estimate of drug-likeness (QED) is 0.619. The van der Waals surface area contributed by atoms with Gasteiger partial charge in [-0.15, -0.1) is 10.2 Å². The minimum Gasteiger partial charge on any atom is -0.378 e. The van der Waals surface area contributed by atoms with Crippen molar-refractivity contribution in [1.82, 2.24) is 24.6 Å². The molecule has 2 aromatic heterocycles. The standard InChI is InChI=1S/C20H21N5O2S/c1-15-6-2-3-8-17(15)25-19(16-7-4-5-9-21-16)22-23-20(25)28-14-18(26)24-10-12-27-13-11-24/h2-9H,10-14H2,1H3. The van der Waals surface area contributed by atoms with E-state index in [1.165, 1.54) is 11.8 Å². The van der Waals surface area contributed by atoms with Crippen LogP contribution < -0.4 is 0 Å². The van der Waals surface area contributed by atoms with Crippen LogP contribution in [0.25, 0.3) is 17.2 Å². The Hall–Kier alpha value is -2.71. The number of nitrogens with zero attached hydrogens (tertiary/aromatic N) is 5. The first-order valence-electron chi connectivity index (χ1n) is 9.15. The molecule has 3 heterocycles. The molecule has 144 valence electrons. The number of carbonyl (C=O) groups excluding carboxylic acids is 1. The van der Waals surface area contributed by atoms with E-state index in [2.05, 4.69) is 15.2 Å². The molecule has 0 spiro atoms. The van der Waals surface area contributed by atoms with Crippen molar-refractivity contribution in [3.05, 3.63) is 54.2 Å². The Morgan fingerprint density at radius 3 is 2.64 bits per heavy atom. The highest BCUT2D eigenvalue weighted by Crippen LogP contribution is 2.28. The Kier molecular flexibility index (Phi) is 5.68. The lowest BCUT2D eigenvalue weighted by molar-refractivity contribution is -0.132. The van der Waals surface area contributed by atoms with E-state index in [4.69, 9.17) is 4.74 Å². The number of amides is 1. The largest absolute Gasteiger partial charge is 0.378 e. The van der Waals surface area contributed by atoms with Crippen molar-refractivity contribution < 1.29 is 9.53 Å². The summed E-state index contributed by atoms with van der Waals surface area (Å²) in [7, 11) is 0. The summed E-state index contributed by atoms with van der Waals surface area (Å²) in [6, 6.07) is 13.8. The Balaban J connectivity index is 1.65. The normalized spacial score (nSPS) is 14.2. The zero-order valence-electron chi connectivity index (χ0n) is 15.6. The van der Waals surface area contributed by atoms with E-state index < -0.39 is 0 Å². The molecule has 1 aromatic carbocycles. The molecule has 0 atom stereocenters.